The first-order chi connectivity index (χ1) is 9.32. The molecule has 0 spiro atoms. The minimum atomic E-state index is -0.0173. The summed E-state index contributed by atoms with van der Waals surface area (Å²) < 4.78 is 5.76. The Bertz CT molecular complexity index is 453. The Labute approximate surface area is 125 Å². The lowest BCUT2D eigenvalue weighted by atomic mass is 10.1. The summed E-state index contributed by atoms with van der Waals surface area (Å²) in [6.45, 7) is 10.7. The van der Waals surface area contributed by atoms with Gasteiger partial charge in [0.15, 0.2) is 11.5 Å². The number of hydrogen-bond acceptors (Lipinski definition) is 5. The molecule has 0 atom stereocenters. The number of carbonyl (C=O) groups excluding carboxylic acids is 1. The molecule has 0 radical (unpaired) electrons. The van der Waals surface area contributed by atoms with Gasteiger partial charge in [0.2, 0.25) is 0 Å². The van der Waals surface area contributed by atoms with E-state index in [0.29, 0.717) is 22.2 Å². The number of ketones is 1. The highest BCUT2D eigenvalue weighted by Gasteiger charge is 2.20. The molecule has 0 amide bonds. The third kappa shape index (κ3) is 4.71. The number of rotatable bonds is 8. The van der Waals surface area contributed by atoms with Crippen molar-refractivity contribution in [3.8, 4) is 5.75 Å². The van der Waals surface area contributed by atoms with Crippen molar-refractivity contribution in [3.05, 3.63) is 4.88 Å². The molecule has 0 fully saturated rings. The average Bonchev–Trinajstić information content (AvgIpc) is 2.62. The summed E-state index contributed by atoms with van der Waals surface area (Å²) in [5.74, 6) is 1.31. The number of nitrogen functional groups attached to an aromatic ring is 1. The number of anilines is 2. The first-order valence-corrected chi connectivity index (χ1v) is 7.98. The van der Waals surface area contributed by atoms with Crippen LogP contribution >= 0.6 is 11.3 Å². The Morgan fingerprint density at radius 3 is 2.50 bits per heavy atom. The van der Waals surface area contributed by atoms with Crippen molar-refractivity contribution in [2.45, 2.75) is 53.6 Å². The smallest absolute Gasteiger partial charge is 0.177 e. The van der Waals surface area contributed by atoms with Gasteiger partial charge in [-0.3, -0.25) is 4.79 Å². The van der Waals surface area contributed by atoms with Crippen LogP contribution in [0.5, 0.6) is 5.75 Å². The van der Waals surface area contributed by atoms with Gasteiger partial charge < -0.3 is 15.8 Å². The van der Waals surface area contributed by atoms with Gasteiger partial charge in [0.1, 0.15) is 5.00 Å². The van der Waals surface area contributed by atoms with E-state index in [1.54, 1.807) is 0 Å². The number of hydrogen-bond donors (Lipinski definition) is 2. The van der Waals surface area contributed by atoms with Crippen LogP contribution in [0.15, 0.2) is 0 Å². The zero-order valence-corrected chi connectivity index (χ0v) is 13.9. The molecule has 1 rings (SSSR count). The molecule has 0 aliphatic rings. The maximum Gasteiger partial charge on any atom is 0.177 e. The fourth-order valence-corrected chi connectivity index (χ4v) is 2.85. The van der Waals surface area contributed by atoms with E-state index in [0.717, 1.165) is 18.0 Å². The van der Waals surface area contributed by atoms with Gasteiger partial charge in [-0.1, -0.05) is 13.8 Å². The van der Waals surface area contributed by atoms with E-state index in [4.69, 9.17) is 10.5 Å². The number of carbonyl (C=O) groups is 1. The van der Waals surface area contributed by atoms with Crippen molar-refractivity contribution in [2.75, 3.05) is 17.6 Å². The summed E-state index contributed by atoms with van der Waals surface area (Å²) in [4.78, 5) is 12.2. The maximum absolute atomic E-state index is 11.6. The average molecular weight is 298 g/mol. The summed E-state index contributed by atoms with van der Waals surface area (Å²) >= 11 is 1.38. The van der Waals surface area contributed by atoms with Crippen LogP contribution in [0, 0.1) is 5.92 Å². The summed E-state index contributed by atoms with van der Waals surface area (Å²) in [6, 6.07) is 0. The lowest BCUT2D eigenvalue weighted by molar-refractivity contribution is 0.102. The molecule has 0 aliphatic carbocycles. The molecular weight excluding hydrogens is 272 g/mol. The monoisotopic (exact) mass is 298 g/mol. The quantitative estimate of drug-likeness (QED) is 0.558. The van der Waals surface area contributed by atoms with Gasteiger partial charge >= 0.3 is 0 Å². The molecule has 4 nitrogen and oxygen atoms in total. The Kier molecular flexibility index (Phi) is 6.33. The Morgan fingerprint density at radius 1 is 1.35 bits per heavy atom. The molecule has 0 bridgehead atoms. The molecule has 0 saturated heterocycles. The summed E-state index contributed by atoms with van der Waals surface area (Å²) in [5.41, 5.74) is 6.49. The van der Waals surface area contributed by atoms with Crippen molar-refractivity contribution in [1.82, 2.24) is 0 Å². The van der Waals surface area contributed by atoms with Gasteiger partial charge in [0, 0.05) is 13.5 Å². The van der Waals surface area contributed by atoms with Crippen molar-refractivity contribution in [2.24, 2.45) is 5.92 Å². The fourth-order valence-electron chi connectivity index (χ4n) is 1.87. The Balaban J connectivity index is 2.81. The van der Waals surface area contributed by atoms with E-state index in [1.165, 1.54) is 24.7 Å². The molecule has 3 N–H and O–H groups in total. The predicted octanol–water partition coefficient (Wildman–Crippen LogP) is 4.17. The summed E-state index contributed by atoms with van der Waals surface area (Å²) in [6.07, 6.45) is 2.29. The molecule has 0 aliphatic heterocycles. The number of nitrogens with one attached hydrogen (secondary N) is 1. The fraction of sp³-hybridized carbons (Fsp3) is 0.667. The highest BCUT2D eigenvalue weighted by molar-refractivity contribution is 7.19. The second-order valence-corrected chi connectivity index (χ2v) is 6.71. The van der Waals surface area contributed by atoms with Crippen molar-refractivity contribution < 1.29 is 9.53 Å². The number of Topliss-reactive ketones (excluding diaryl/α,β-unsaturated/α-hetero) is 1. The number of ether oxygens (including phenoxy) is 1. The molecule has 1 heterocycles. The normalized spacial score (nSPS) is 11.2. The van der Waals surface area contributed by atoms with Gasteiger partial charge in [-0.25, -0.2) is 0 Å². The van der Waals surface area contributed by atoms with Gasteiger partial charge in [0.25, 0.3) is 0 Å². The summed E-state index contributed by atoms with van der Waals surface area (Å²) in [7, 11) is 0. The third-order valence-corrected chi connectivity index (χ3v) is 4.06. The van der Waals surface area contributed by atoms with Crippen LogP contribution in [0.3, 0.4) is 0 Å². The van der Waals surface area contributed by atoms with Crippen LogP contribution in [0.4, 0.5) is 10.7 Å². The zero-order chi connectivity index (χ0) is 15.3. The van der Waals surface area contributed by atoms with Gasteiger partial charge in [0.05, 0.1) is 16.7 Å². The molecule has 20 heavy (non-hydrogen) atoms. The first kappa shape index (κ1) is 16.8. The van der Waals surface area contributed by atoms with Crippen LogP contribution < -0.4 is 15.8 Å². The SMILES string of the molecule is CC(=O)c1sc(NCCCC(C)C)c(OC(C)C)c1N. The zero-order valence-electron chi connectivity index (χ0n) is 13.1. The standard InChI is InChI=1S/C15H26N2O2S/c1-9(2)7-6-8-17-15-13(19-10(3)4)12(16)14(20-15)11(5)18/h9-10,17H,6-8,16H2,1-5H3. The topological polar surface area (TPSA) is 64.3 Å². The molecule has 1 aromatic heterocycles. The van der Waals surface area contributed by atoms with Gasteiger partial charge in [-0.2, -0.15) is 0 Å². The van der Waals surface area contributed by atoms with E-state index in [1.807, 2.05) is 13.8 Å². The van der Waals surface area contributed by atoms with Crippen LogP contribution in [-0.2, 0) is 0 Å². The summed E-state index contributed by atoms with van der Waals surface area (Å²) in [5, 5.41) is 4.22. The van der Waals surface area contributed by atoms with Crippen LogP contribution in [0.2, 0.25) is 0 Å². The second-order valence-electron chi connectivity index (χ2n) is 5.69. The van der Waals surface area contributed by atoms with E-state index < -0.39 is 0 Å². The van der Waals surface area contributed by atoms with E-state index >= 15 is 0 Å². The second kappa shape index (κ2) is 7.53. The lowest BCUT2D eigenvalue weighted by Crippen LogP contribution is -2.09. The molecule has 0 saturated carbocycles. The van der Waals surface area contributed by atoms with E-state index in [-0.39, 0.29) is 11.9 Å². The Morgan fingerprint density at radius 2 is 2.00 bits per heavy atom. The van der Waals surface area contributed by atoms with Crippen LogP contribution in [0.1, 0.15) is 57.1 Å². The Hall–Kier alpha value is -1.23. The highest BCUT2D eigenvalue weighted by atomic mass is 32.1. The molecule has 114 valence electrons. The van der Waals surface area contributed by atoms with E-state index in [9.17, 15) is 4.79 Å². The minimum absolute atomic E-state index is 0.0173. The molecular formula is C15H26N2O2S. The third-order valence-electron chi connectivity index (χ3n) is 2.82. The molecule has 0 unspecified atom stereocenters. The number of thiophene rings is 1. The molecule has 0 aromatic carbocycles. The first-order valence-electron chi connectivity index (χ1n) is 7.16. The van der Waals surface area contributed by atoms with Gasteiger partial charge in [-0.05, 0) is 32.6 Å². The van der Waals surface area contributed by atoms with Crippen molar-refractivity contribution in [1.29, 1.82) is 0 Å². The maximum atomic E-state index is 11.6. The van der Waals surface area contributed by atoms with Crippen LogP contribution in [0.25, 0.3) is 0 Å². The highest BCUT2D eigenvalue weighted by Crippen LogP contribution is 2.43. The van der Waals surface area contributed by atoms with Crippen LogP contribution in [-0.4, -0.2) is 18.4 Å². The molecule has 5 heteroatoms. The van der Waals surface area contributed by atoms with Crippen molar-refractivity contribution >= 4 is 27.8 Å². The minimum Gasteiger partial charge on any atom is -0.486 e. The predicted molar refractivity (Wildman–Crippen MR) is 87.1 cm³/mol. The van der Waals surface area contributed by atoms with Gasteiger partial charge in [-0.15, -0.1) is 11.3 Å². The van der Waals surface area contributed by atoms with Crippen molar-refractivity contribution in [3.63, 3.8) is 0 Å². The number of nitrogens with two attached hydrogens (primary N) is 1. The largest absolute Gasteiger partial charge is 0.486 e. The van der Waals surface area contributed by atoms with E-state index in [2.05, 4.69) is 19.2 Å². The lowest BCUT2D eigenvalue weighted by Gasteiger charge is -2.13. The molecule has 1 aromatic rings.